The van der Waals surface area contributed by atoms with Crippen molar-refractivity contribution in [3.05, 3.63) is 60.2 Å². The van der Waals surface area contributed by atoms with E-state index in [1.807, 2.05) is 51.1 Å². The number of ether oxygens (including phenoxy) is 1. The van der Waals surface area contributed by atoms with Crippen LogP contribution >= 0.6 is 0 Å². The van der Waals surface area contributed by atoms with E-state index in [-0.39, 0.29) is 29.7 Å². The average molecular weight is 481 g/mol. The van der Waals surface area contributed by atoms with Gasteiger partial charge in [0.05, 0.1) is 13.2 Å². The number of hydrogen-bond donors (Lipinski definition) is 3. The fourth-order valence-electron chi connectivity index (χ4n) is 4.08. The van der Waals surface area contributed by atoms with Crippen LogP contribution in [0.3, 0.4) is 0 Å². The molecule has 8 nitrogen and oxygen atoms in total. The van der Waals surface area contributed by atoms with Crippen LogP contribution in [0.1, 0.15) is 44.0 Å². The molecule has 1 atom stereocenters. The molecular weight excluding hydrogens is 444 g/mol. The average Bonchev–Trinajstić information content (AvgIpc) is 2.84. The monoisotopic (exact) mass is 480 g/mol. The second-order valence-corrected chi connectivity index (χ2v) is 9.13. The van der Waals surface area contributed by atoms with Crippen LogP contribution in [0.25, 0.3) is 0 Å². The first kappa shape index (κ1) is 26.2. The molecule has 188 valence electrons. The van der Waals surface area contributed by atoms with Gasteiger partial charge in [0.1, 0.15) is 11.8 Å². The van der Waals surface area contributed by atoms with Crippen molar-refractivity contribution < 1.29 is 19.1 Å². The first-order valence-corrected chi connectivity index (χ1v) is 12.3. The zero-order valence-electron chi connectivity index (χ0n) is 20.8. The van der Waals surface area contributed by atoms with Crippen molar-refractivity contribution >= 4 is 23.4 Å². The minimum atomic E-state index is -0.635. The van der Waals surface area contributed by atoms with E-state index < -0.39 is 6.04 Å². The number of anilines is 1. The van der Waals surface area contributed by atoms with Gasteiger partial charge in [-0.15, -0.1) is 0 Å². The van der Waals surface area contributed by atoms with E-state index in [0.717, 1.165) is 31.6 Å². The highest BCUT2D eigenvalue weighted by Gasteiger charge is 2.28. The zero-order chi connectivity index (χ0) is 25.2. The van der Waals surface area contributed by atoms with Gasteiger partial charge in [0, 0.05) is 30.4 Å². The number of amides is 3. The number of piperidine rings is 1. The molecule has 0 radical (unpaired) electrons. The van der Waals surface area contributed by atoms with Gasteiger partial charge in [0.2, 0.25) is 11.8 Å². The van der Waals surface area contributed by atoms with Crippen LogP contribution in [-0.4, -0.2) is 60.9 Å². The fourth-order valence-corrected chi connectivity index (χ4v) is 4.08. The number of likely N-dealkylation sites (tertiary alicyclic amines) is 1. The van der Waals surface area contributed by atoms with Crippen LogP contribution in [0.5, 0.6) is 5.75 Å². The van der Waals surface area contributed by atoms with Crippen LogP contribution in [0, 0.1) is 5.92 Å². The maximum atomic E-state index is 13.0. The molecule has 1 aliphatic rings. The number of hydrogen-bond acceptors (Lipinski definition) is 5. The highest BCUT2D eigenvalue weighted by molar-refractivity contribution is 5.97. The van der Waals surface area contributed by atoms with Crippen molar-refractivity contribution in [1.29, 1.82) is 0 Å². The summed E-state index contributed by atoms with van der Waals surface area (Å²) in [6.45, 7) is 8.05. The quantitative estimate of drug-likeness (QED) is 0.485. The lowest BCUT2D eigenvalue weighted by Gasteiger charge is -2.33. The van der Waals surface area contributed by atoms with Crippen molar-refractivity contribution in [2.45, 2.75) is 45.7 Å². The predicted molar refractivity (Wildman–Crippen MR) is 136 cm³/mol. The van der Waals surface area contributed by atoms with Crippen LogP contribution in [0.2, 0.25) is 0 Å². The summed E-state index contributed by atoms with van der Waals surface area (Å²) < 4.78 is 5.42. The summed E-state index contributed by atoms with van der Waals surface area (Å²) in [6, 6.07) is 15.7. The van der Waals surface area contributed by atoms with Gasteiger partial charge in [-0.2, -0.15) is 0 Å². The molecule has 8 heteroatoms. The molecule has 0 saturated carbocycles. The fraction of sp³-hybridized carbons (Fsp3) is 0.444. The van der Waals surface area contributed by atoms with Gasteiger partial charge >= 0.3 is 0 Å². The number of para-hydroxylation sites is 1. The minimum absolute atomic E-state index is 0.0135. The summed E-state index contributed by atoms with van der Waals surface area (Å²) in [4.78, 5) is 40.1. The Labute approximate surface area is 207 Å². The summed E-state index contributed by atoms with van der Waals surface area (Å²) in [5, 5.41) is 8.88. The molecule has 2 aromatic rings. The standard InChI is InChI=1S/C27H36N4O4/c1-4-35-23-12-10-20(11-13-23)26(33)30-25(19(2)3)27(34)29-22-14-16-31(17-15-22)18-24(32)28-21-8-6-5-7-9-21/h5-13,19,22,25H,4,14-18H2,1-3H3,(H,28,32)(H,29,34)(H,30,33)/t25-/m0/s1. The smallest absolute Gasteiger partial charge is 0.251 e. The molecule has 0 unspecified atom stereocenters. The second kappa shape index (κ2) is 12.9. The number of benzene rings is 2. The Morgan fingerprint density at radius 2 is 1.66 bits per heavy atom. The lowest BCUT2D eigenvalue weighted by atomic mass is 10.00. The van der Waals surface area contributed by atoms with E-state index in [0.29, 0.717) is 24.5 Å². The Morgan fingerprint density at radius 3 is 2.26 bits per heavy atom. The Bertz CT molecular complexity index is 970. The molecule has 1 saturated heterocycles. The van der Waals surface area contributed by atoms with Crippen molar-refractivity contribution in [3.8, 4) is 5.75 Å². The van der Waals surface area contributed by atoms with Gasteiger partial charge in [-0.1, -0.05) is 32.0 Å². The van der Waals surface area contributed by atoms with Crippen LogP contribution < -0.4 is 20.7 Å². The summed E-state index contributed by atoms with van der Waals surface area (Å²) >= 11 is 0. The van der Waals surface area contributed by atoms with Gasteiger partial charge in [-0.05, 0) is 62.1 Å². The molecule has 35 heavy (non-hydrogen) atoms. The predicted octanol–water partition coefficient (Wildman–Crippen LogP) is 3.06. The number of nitrogens with one attached hydrogen (secondary N) is 3. The van der Waals surface area contributed by atoms with Gasteiger partial charge in [-0.3, -0.25) is 19.3 Å². The third-order valence-electron chi connectivity index (χ3n) is 6.02. The van der Waals surface area contributed by atoms with Crippen molar-refractivity contribution in [3.63, 3.8) is 0 Å². The topological polar surface area (TPSA) is 99.8 Å². The molecule has 0 aromatic heterocycles. The van der Waals surface area contributed by atoms with E-state index in [4.69, 9.17) is 4.74 Å². The van der Waals surface area contributed by atoms with E-state index in [2.05, 4.69) is 20.9 Å². The number of carbonyl (C=O) groups is 3. The summed E-state index contributed by atoms with van der Waals surface area (Å²) in [5.41, 5.74) is 1.26. The van der Waals surface area contributed by atoms with E-state index in [1.165, 1.54) is 0 Å². The Kier molecular flexibility index (Phi) is 9.66. The Balaban J connectivity index is 1.46. The molecule has 3 rings (SSSR count). The van der Waals surface area contributed by atoms with Gasteiger partial charge < -0.3 is 20.7 Å². The third-order valence-corrected chi connectivity index (χ3v) is 6.02. The zero-order valence-corrected chi connectivity index (χ0v) is 20.8. The highest BCUT2D eigenvalue weighted by atomic mass is 16.5. The molecule has 0 spiro atoms. The molecule has 2 aromatic carbocycles. The van der Waals surface area contributed by atoms with Gasteiger partial charge in [0.15, 0.2) is 0 Å². The SMILES string of the molecule is CCOc1ccc(C(=O)N[C@H](C(=O)NC2CCN(CC(=O)Nc3ccccc3)CC2)C(C)C)cc1. The molecule has 1 fully saturated rings. The molecule has 1 heterocycles. The Hall–Kier alpha value is -3.39. The van der Waals surface area contributed by atoms with E-state index in [9.17, 15) is 14.4 Å². The molecule has 3 N–H and O–H groups in total. The van der Waals surface area contributed by atoms with Crippen LogP contribution in [0.4, 0.5) is 5.69 Å². The summed E-state index contributed by atoms with van der Waals surface area (Å²) in [5.74, 6) is 0.116. The second-order valence-electron chi connectivity index (χ2n) is 9.13. The molecule has 3 amide bonds. The van der Waals surface area contributed by atoms with Crippen molar-refractivity contribution in [2.24, 2.45) is 5.92 Å². The Morgan fingerprint density at radius 1 is 1.00 bits per heavy atom. The third kappa shape index (κ3) is 8.10. The van der Waals surface area contributed by atoms with Crippen LogP contribution in [-0.2, 0) is 9.59 Å². The number of rotatable bonds is 10. The summed E-state index contributed by atoms with van der Waals surface area (Å²) in [7, 11) is 0. The first-order valence-electron chi connectivity index (χ1n) is 12.3. The molecule has 0 bridgehead atoms. The van der Waals surface area contributed by atoms with E-state index in [1.54, 1.807) is 24.3 Å². The minimum Gasteiger partial charge on any atom is -0.494 e. The maximum Gasteiger partial charge on any atom is 0.251 e. The molecular formula is C27H36N4O4. The largest absolute Gasteiger partial charge is 0.494 e. The normalized spacial score (nSPS) is 15.3. The van der Waals surface area contributed by atoms with Gasteiger partial charge in [0.25, 0.3) is 5.91 Å². The molecule has 1 aliphatic heterocycles. The lowest BCUT2D eigenvalue weighted by Crippen LogP contribution is -2.54. The van der Waals surface area contributed by atoms with E-state index >= 15 is 0 Å². The van der Waals surface area contributed by atoms with Crippen molar-refractivity contribution in [1.82, 2.24) is 15.5 Å². The van der Waals surface area contributed by atoms with Gasteiger partial charge in [-0.25, -0.2) is 0 Å². The lowest BCUT2D eigenvalue weighted by molar-refractivity contribution is -0.125. The molecule has 0 aliphatic carbocycles. The van der Waals surface area contributed by atoms with Crippen molar-refractivity contribution in [2.75, 3.05) is 31.6 Å². The van der Waals surface area contributed by atoms with Crippen LogP contribution in [0.15, 0.2) is 54.6 Å². The highest BCUT2D eigenvalue weighted by Crippen LogP contribution is 2.15. The first-order chi connectivity index (χ1) is 16.9. The maximum absolute atomic E-state index is 13.0. The number of carbonyl (C=O) groups excluding carboxylic acids is 3. The summed E-state index contributed by atoms with van der Waals surface area (Å²) in [6.07, 6.45) is 1.50. The number of nitrogens with zero attached hydrogens (tertiary/aromatic N) is 1.